The Bertz CT molecular complexity index is 779. The highest BCUT2D eigenvalue weighted by molar-refractivity contribution is 7.91. The topological polar surface area (TPSA) is 72.5 Å². The smallest absolute Gasteiger partial charge is 0.341 e. The predicted molar refractivity (Wildman–Crippen MR) is 80.2 cm³/mol. The van der Waals surface area contributed by atoms with E-state index in [4.69, 9.17) is 4.74 Å². The van der Waals surface area contributed by atoms with Crippen LogP contribution < -0.4 is 10.1 Å². The highest BCUT2D eigenvalue weighted by Gasteiger charge is 2.29. The van der Waals surface area contributed by atoms with Crippen molar-refractivity contribution in [2.24, 2.45) is 0 Å². The molecule has 0 radical (unpaired) electrons. The molecule has 0 atom stereocenters. The third kappa shape index (κ3) is 4.26. The molecule has 0 saturated heterocycles. The van der Waals surface area contributed by atoms with Gasteiger partial charge in [0.2, 0.25) is 9.84 Å². The van der Waals surface area contributed by atoms with Gasteiger partial charge in [-0.25, -0.2) is 8.42 Å². The summed E-state index contributed by atoms with van der Waals surface area (Å²) in [6.07, 6.45) is 0. The minimum absolute atomic E-state index is 0.213. The number of ether oxygens (including phenoxy) is 1. The van der Waals surface area contributed by atoms with Crippen molar-refractivity contribution in [3.63, 3.8) is 0 Å². The van der Waals surface area contributed by atoms with Gasteiger partial charge in [0.05, 0.1) is 10.6 Å². The summed E-state index contributed by atoms with van der Waals surface area (Å²) >= 11 is 0. The van der Waals surface area contributed by atoms with Crippen LogP contribution in [0.3, 0.4) is 0 Å². The van der Waals surface area contributed by atoms with Crippen molar-refractivity contribution in [1.82, 2.24) is 0 Å². The lowest BCUT2D eigenvalue weighted by Crippen LogP contribution is -2.22. The van der Waals surface area contributed by atoms with Gasteiger partial charge in [0.1, 0.15) is 5.75 Å². The van der Waals surface area contributed by atoms with Crippen LogP contribution in [0.25, 0.3) is 0 Å². The van der Waals surface area contributed by atoms with Crippen molar-refractivity contribution in [2.45, 2.75) is 10.7 Å². The van der Waals surface area contributed by atoms with Crippen LogP contribution in [0, 0.1) is 0 Å². The van der Waals surface area contributed by atoms with E-state index in [1.807, 2.05) is 0 Å². The Kier molecular flexibility index (Phi) is 5.28. The fraction of sp³-hybridized carbons (Fsp3) is 0.133. The lowest BCUT2D eigenvalue weighted by molar-refractivity contribution is -0.118. The summed E-state index contributed by atoms with van der Waals surface area (Å²) in [6.45, 7) is -0.382. The number of rotatable bonds is 6. The Labute approximate surface area is 131 Å². The predicted octanol–water partition coefficient (Wildman–Crippen LogP) is 2.70. The van der Waals surface area contributed by atoms with E-state index in [-0.39, 0.29) is 12.3 Å². The molecule has 2 aromatic carbocycles. The number of hydrogen-bond donors (Lipinski definition) is 1. The molecule has 0 fully saturated rings. The lowest BCUT2D eigenvalue weighted by Gasteiger charge is -2.11. The number of hydrogen-bond acceptors (Lipinski definition) is 4. The van der Waals surface area contributed by atoms with E-state index < -0.39 is 26.4 Å². The molecule has 8 heteroatoms. The van der Waals surface area contributed by atoms with Crippen LogP contribution in [-0.2, 0) is 14.6 Å². The number of sulfone groups is 1. The molecule has 2 aromatic rings. The van der Waals surface area contributed by atoms with Gasteiger partial charge in [0.15, 0.2) is 6.61 Å². The zero-order valence-corrected chi connectivity index (χ0v) is 12.6. The third-order valence-electron chi connectivity index (χ3n) is 2.82. The van der Waals surface area contributed by atoms with Crippen LogP contribution in [0.4, 0.5) is 14.5 Å². The number of benzene rings is 2. The summed E-state index contributed by atoms with van der Waals surface area (Å²) in [5.74, 6) is -3.77. The SMILES string of the molecule is O=C(COc1ccccc1)Nc1ccccc1S(=O)(=O)C(F)F. The molecule has 5 nitrogen and oxygen atoms in total. The van der Waals surface area contributed by atoms with Gasteiger partial charge in [-0.1, -0.05) is 30.3 Å². The van der Waals surface area contributed by atoms with E-state index >= 15 is 0 Å². The quantitative estimate of drug-likeness (QED) is 0.877. The maximum absolute atomic E-state index is 12.7. The second-order valence-corrected chi connectivity index (χ2v) is 6.34. The Morgan fingerprint density at radius 3 is 2.30 bits per heavy atom. The van der Waals surface area contributed by atoms with Gasteiger partial charge in [-0.2, -0.15) is 8.78 Å². The number of amides is 1. The number of anilines is 1. The van der Waals surface area contributed by atoms with Gasteiger partial charge < -0.3 is 10.1 Å². The zero-order chi connectivity index (χ0) is 16.9. The second-order valence-electron chi connectivity index (χ2n) is 4.45. The summed E-state index contributed by atoms with van der Waals surface area (Å²) in [5, 5.41) is 2.27. The first-order chi connectivity index (χ1) is 10.9. The average Bonchev–Trinajstić information content (AvgIpc) is 2.54. The summed E-state index contributed by atoms with van der Waals surface area (Å²) in [5.41, 5.74) is -0.213. The number of nitrogens with one attached hydrogen (secondary N) is 1. The first kappa shape index (κ1) is 16.9. The Balaban J connectivity index is 2.10. The molecule has 0 heterocycles. The molecule has 23 heavy (non-hydrogen) atoms. The summed E-state index contributed by atoms with van der Waals surface area (Å²) in [7, 11) is -4.81. The van der Waals surface area contributed by atoms with Gasteiger partial charge >= 0.3 is 5.76 Å². The monoisotopic (exact) mass is 341 g/mol. The number of alkyl halides is 2. The van der Waals surface area contributed by atoms with Crippen LogP contribution in [0.1, 0.15) is 0 Å². The van der Waals surface area contributed by atoms with E-state index in [9.17, 15) is 22.0 Å². The lowest BCUT2D eigenvalue weighted by atomic mass is 10.3. The number of halogens is 2. The summed E-state index contributed by atoms with van der Waals surface area (Å²) < 4.78 is 53.7. The number of para-hydroxylation sites is 2. The minimum Gasteiger partial charge on any atom is -0.484 e. The Morgan fingerprint density at radius 2 is 1.65 bits per heavy atom. The van der Waals surface area contributed by atoms with Gasteiger partial charge in [0.25, 0.3) is 5.91 Å². The standard InChI is InChI=1S/C15H13F2NO4S/c16-15(17)23(20,21)13-9-5-4-8-12(13)18-14(19)10-22-11-6-2-1-3-7-11/h1-9,15H,10H2,(H,18,19). The Hall–Kier alpha value is -2.48. The van der Waals surface area contributed by atoms with Crippen molar-refractivity contribution in [3.05, 3.63) is 54.6 Å². The molecule has 0 aromatic heterocycles. The van der Waals surface area contributed by atoms with E-state index in [1.54, 1.807) is 30.3 Å². The first-order valence-corrected chi connectivity index (χ1v) is 8.04. The molecule has 1 N–H and O–H groups in total. The summed E-state index contributed by atoms with van der Waals surface area (Å²) in [6, 6.07) is 13.5. The fourth-order valence-electron chi connectivity index (χ4n) is 1.77. The number of carbonyl (C=O) groups is 1. The molecule has 0 bridgehead atoms. The van der Waals surface area contributed by atoms with Gasteiger partial charge in [-0.3, -0.25) is 4.79 Å². The van der Waals surface area contributed by atoms with Crippen LogP contribution in [-0.4, -0.2) is 26.7 Å². The number of carbonyl (C=O) groups excluding carboxylic acids is 1. The average molecular weight is 341 g/mol. The largest absolute Gasteiger partial charge is 0.484 e. The van der Waals surface area contributed by atoms with Crippen molar-refractivity contribution in [1.29, 1.82) is 0 Å². The van der Waals surface area contributed by atoms with E-state index in [1.165, 1.54) is 18.2 Å². The van der Waals surface area contributed by atoms with Crippen LogP contribution >= 0.6 is 0 Å². The second kappa shape index (κ2) is 7.19. The first-order valence-electron chi connectivity index (χ1n) is 6.50. The molecule has 0 saturated carbocycles. The normalized spacial score (nSPS) is 11.3. The van der Waals surface area contributed by atoms with E-state index in [2.05, 4.69) is 5.32 Å². The maximum atomic E-state index is 12.7. The molecule has 0 spiro atoms. The highest BCUT2D eigenvalue weighted by Crippen LogP contribution is 2.26. The molecule has 122 valence electrons. The van der Waals surface area contributed by atoms with Gasteiger partial charge in [0, 0.05) is 0 Å². The summed E-state index contributed by atoms with van der Waals surface area (Å²) in [4.78, 5) is 11.2. The highest BCUT2D eigenvalue weighted by atomic mass is 32.2. The molecular weight excluding hydrogens is 328 g/mol. The third-order valence-corrected chi connectivity index (χ3v) is 4.25. The molecule has 2 rings (SSSR count). The maximum Gasteiger partial charge on any atom is 0.341 e. The molecule has 0 unspecified atom stereocenters. The Morgan fingerprint density at radius 1 is 1.04 bits per heavy atom. The van der Waals surface area contributed by atoms with Crippen LogP contribution in [0.2, 0.25) is 0 Å². The molecule has 0 aliphatic rings. The van der Waals surface area contributed by atoms with Crippen molar-refractivity contribution in [2.75, 3.05) is 11.9 Å². The van der Waals surface area contributed by atoms with Crippen molar-refractivity contribution >= 4 is 21.4 Å². The molecule has 1 amide bonds. The van der Waals surface area contributed by atoms with Crippen LogP contribution in [0.15, 0.2) is 59.5 Å². The van der Waals surface area contributed by atoms with Crippen molar-refractivity contribution in [3.8, 4) is 5.75 Å². The zero-order valence-electron chi connectivity index (χ0n) is 11.8. The van der Waals surface area contributed by atoms with Gasteiger partial charge in [-0.05, 0) is 24.3 Å². The van der Waals surface area contributed by atoms with Gasteiger partial charge in [-0.15, -0.1) is 0 Å². The van der Waals surface area contributed by atoms with E-state index in [0.29, 0.717) is 5.75 Å². The van der Waals surface area contributed by atoms with E-state index in [0.717, 1.165) is 6.07 Å². The van der Waals surface area contributed by atoms with Crippen molar-refractivity contribution < 1.29 is 26.7 Å². The van der Waals surface area contributed by atoms with Crippen LogP contribution in [0.5, 0.6) is 5.75 Å². The minimum atomic E-state index is -4.81. The molecule has 0 aliphatic heterocycles. The fourth-order valence-corrected chi connectivity index (χ4v) is 2.65. The molecule has 0 aliphatic carbocycles. The molecular formula is C15H13F2NO4S.